The Hall–Kier alpha value is -1.49. The number of aryl methyl sites for hydroxylation is 1. The van der Waals surface area contributed by atoms with Crippen molar-refractivity contribution in [1.82, 2.24) is 9.55 Å². The predicted octanol–water partition coefficient (Wildman–Crippen LogP) is 9.08. The SMILES string of the molecule is CCn1c(-c2cc(B3OC(C)(C)C(C)(C)O3)cnc2C(C)OC)c(CC(C)(C)CO[Si](C)(C)C(C)(C)C)c2cc(Br)ccc21. The highest BCUT2D eigenvalue weighted by atomic mass is 79.9. The van der Waals surface area contributed by atoms with Crippen LogP contribution in [-0.2, 0) is 31.4 Å². The van der Waals surface area contributed by atoms with Crippen LogP contribution in [0.1, 0.15) is 93.5 Å². The molecule has 1 fully saturated rings. The number of ether oxygens (including phenoxy) is 1. The second-order valence-electron chi connectivity index (χ2n) is 15.8. The van der Waals surface area contributed by atoms with Crippen LogP contribution in [0.4, 0.5) is 0 Å². The van der Waals surface area contributed by atoms with Crippen LogP contribution in [0, 0.1) is 5.41 Å². The van der Waals surface area contributed by atoms with Gasteiger partial charge in [0.2, 0.25) is 0 Å². The fourth-order valence-electron chi connectivity index (χ4n) is 5.56. The number of benzene rings is 1. The molecule has 9 heteroatoms. The van der Waals surface area contributed by atoms with Gasteiger partial charge in [0.1, 0.15) is 0 Å². The van der Waals surface area contributed by atoms with Crippen LogP contribution in [0.25, 0.3) is 22.2 Å². The molecule has 1 unspecified atom stereocenters. The molecule has 1 saturated heterocycles. The smallest absolute Gasteiger partial charge is 0.416 e. The van der Waals surface area contributed by atoms with Gasteiger partial charge < -0.3 is 23.0 Å². The van der Waals surface area contributed by atoms with Crippen LogP contribution in [0.3, 0.4) is 0 Å². The maximum absolute atomic E-state index is 6.81. The van der Waals surface area contributed by atoms with E-state index in [4.69, 9.17) is 23.5 Å². The standard InChI is InChI=1S/C35H54BBrN2O4Si/c1-15-39-29-17-16-25(37)19-26(29)28(20-33(6,7)22-41-44(13,14)32(3,4)5)31(39)27-18-24(21-38-30(27)23(2)40-12)36-42-34(8,9)35(10,11)43-36/h16-19,21,23H,15,20,22H2,1-14H3. The lowest BCUT2D eigenvalue weighted by atomic mass is 9.78. The van der Waals surface area contributed by atoms with Crippen molar-refractivity contribution >= 4 is 47.7 Å². The summed E-state index contributed by atoms with van der Waals surface area (Å²) in [4.78, 5) is 5.04. The van der Waals surface area contributed by atoms with Crippen molar-refractivity contribution in [3.05, 3.63) is 46.2 Å². The summed E-state index contributed by atoms with van der Waals surface area (Å²) in [5.74, 6) is 0. The highest BCUT2D eigenvalue weighted by Gasteiger charge is 2.52. The minimum absolute atomic E-state index is 0.108. The van der Waals surface area contributed by atoms with E-state index in [1.54, 1.807) is 7.11 Å². The molecule has 1 aliphatic heterocycles. The lowest BCUT2D eigenvalue weighted by Crippen LogP contribution is -2.43. The predicted molar refractivity (Wildman–Crippen MR) is 190 cm³/mol. The zero-order valence-electron chi connectivity index (χ0n) is 29.6. The number of methoxy groups -OCH3 is 1. The lowest BCUT2D eigenvalue weighted by molar-refractivity contribution is 0.00578. The van der Waals surface area contributed by atoms with Gasteiger partial charge in [-0.05, 0) is 101 Å². The second kappa shape index (κ2) is 12.3. The van der Waals surface area contributed by atoms with E-state index in [1.165, 1.54) is 22.2 Å². The maximum atomic E-state index is 6.81. The summed E-state index contributed by atoms with van der Waals surface area (Å²) >= 11 is 3.77. The van der Waals surface area contributed by atoms with E-state index < -0.39 is 26.6 Å². The number of fused-ring (bicyclic) bond motifs is 1. The minimum Gasteiger partial charge on any atom is -0.416 e. The van der Waals surface area contributed by atoms with Crippen LogP contribution < -0.4 is 5.46 Å². The van der Waals surface area contributed by atoms with Gasteiger partial charge in [-0.2, -0.15) is 0 Å². The zero-order valence-corrected chi connectivity index (χ0v) is 32.2. The van der Waals surface area contributed by atoms with Gasteiger partial charge in [-0.3, -0.25) is 4.98 Å². The Kier molecular flexibility index (Phi) is 9.86. The maximum Gasteiger partial charge on any atom is 0.496 e. The summed E-state index contributed by atoms with van der Waals surface area (Å²) in [5, 5.41) is 1.40. The van der Waals surface area contributed by atoms with Crippen molar-refractivity contribution in [1.29, 1.82) is 0 Å². The van der Waals surface area contributed by atoms with E-state index in [-0.39, 0.29) is 16.6 Å². The van der Waals surface area contributed by atoms with Crippen molar-refractivity contribution in [2.45, 2.75) is 125 Å². The number of halogens is 1. The number of rotatable bonds is 10. The lowest BCUT2D eigenvalue weighted by Gasteiger charge is -2.39. The monoisotopic (exact) mass is 684 g/mol. The first kappa shape index (κ1) is 35.4. The molecule has 0 bridgehead atoms. The normalized spacial score (nSPS) is 17.9. The Morgan fingerprint density at radius 2 is 1.66 bits per heavy atom. The number of pyridine rings is 1. The molecule has 0 saturated carbocycles. The first-order valence-corrected chi connectivity index (χ1v) is 19.7. The number of aromatic nitrogens is 2. The molecule has 1 atom stereocenters. The molecule has 2 aromatic heterocycles. The molecule has 0 radical (unpaired) electrons. The number of nitrogens with zero attached hydrogens (tertiary/aromatic N) is 2. The van der Waals surface area contributed by atoms with Gasteiger partial charge in [0, 0.05) is 52.9 Å². The fraction of sp³-hybridized carbons (Fsp3) is 0.629. The molecule has 242 valence electrons. The Bertz CT molecular complexity index is 1490. The largest absolute Gasteiger partial charge is 0.496 e. The molecule has 44 heavy (non-hydrogen) atoms. The van der Waals surface area contributed by atoms with Crippen LogP contribution in [0.2, 0.25) is 18.1 Å². The fourth-order valence-corrected chi connectivity index (χ4v) is 7.10. The second-order valence-corrected chi connectivity index (χ2v) is 21.5. The number of hydrogen-bond donors (Lipinski definition) is 0. The van der Waals surface area contributed by atoms with E-state index >= 15 is 0 Å². The van der Waals surface area contributed by atoms with Gasteiger partial charge in [0.25, 0.3) is 0 Å². The third-order valence-electron chi connectivity index (χ3n) is 10.2. The van der Waals surface area contributed by atoms with Crippen molar-refractivity contribution in [2.24, 2.45) is 5.41 Å². The van der Waals surface area contributed by atoms with E-state index in [1.807, 2.05) is 6.20 Å². The van der Waals surface area contributed by atoms with E-state index in [0.717, 1.165) is 34.2 Å². The van der Waals surface area contributed by atoms with Crippen LogP contribution in [0.15, 0.2) is 34.9 Å². The summed E-state index contributed by atoms with van der Waals surface area (Å²) in [6, 6.07) is 8.83. The molecule has 4 rings (SSSR count). The van der Waals surface area contributed by atoms with Gasteiger partial charge in [-0.25, -0.2) is 0 Å². The average molecular weight is 686 g/mol. The van der Waals surface area contributed by atoms with Crippen LogP contribution in [0.5, 0.6) is 0 Å². The number of hydrogen-bond acceptors (Lipinski definition) is 5. The van der Waals surface area contributed by atoms with Crippen molar-refractivity contribution < 1.29 is 18.5 Å². The summed E-state index contributed by atoms with van der Waals surface area (Å²) < 4.78 is 29.2. The Labute approximate surface area is 276 Å². The van der Waals surface area contributed by atoms with E-state index in [2.05, 4.69) is 134 Å². The van der Waals surface area contributed by atoms with Crippen molar-refractivity contribution in [2.75, 3.05) is 13.7 Å². The Morgan fingerprint density at radius 1 is 1.05 bits per heavy atom. The van der Waals surface area contributed by atoms with Gasteiger partial charge in [-0.1, -0.05) is 50.5 Å². The molecule has 6 nitrogen and oxygen atoms in total. The first-order valence-electron chi connectivity index (χ1n) is 16.0. The molecule has 0 N–H and O–H groups in total. The Morgan fingerprint density at radius 3 is 2.20 bits per heavy atom. The summed E-state index contributed by atoms with van der Waals surface area (Å²) in [6.07, 6.45) is 2.54. The van der Waals surface area contributed by atoms with E-state index in [0.29, 0.717) is 6.61 Å². The van der Waals surface area contributed by atoms with Gasteiger partial charge >= 0.3 is 7.12 Å². The summed E-state index contributed by atoms with van der Waals surface area (Å²) in [6.45, 7) is 30.4. The zero-order chi connectivity index (χ0) is 33.0. The van der Waals surface area contributed by atoms with Crippen LogP contribution in [-0.4, -0.2) is 49.9 Å². The highest BCUT2D eigenvalue weighted by Crippen LogP contribution is 2.43. The molecule has 3 heterocycles. The molecule has 1 aliphatic rings. The van der Waals surface area contributed by atoms with Crippen LogP contribution >= 0.6 is 15.9 Å². The molecule has 0 spiro atoms. The summed E-state index contributed by atoms with van der Waals surface area (Å²) in [5.41, 5.74) is 5.54. The summed E-state index contributed by atoms with van der Waals surface area (Å²) in [7, 11) is -0.682. The minimum atomic E-state index is -1.92. The van der Waals surface area contributed by atoms with Gasteiger partial charge in [-0.15, -0.1) is 0 Å². The molecule has 0 aliphatic carbocycles. The third kappa shape index (κ3) is 6.79. The van der Waals surface area contributed by atoms with Gasteiger partial charge in [0.05, 0.1) is 28.7 Å². The highest BCUT2D eigenvalue weighted by molar-refractivity contribution is 9.10. The quantitative estimate of drug-likeness (QED) is 0.200. The molecular weight excluding hydrogens is 631 g/mol. The van der Waals surface area contributed by atoms with Crippen molar-refractivity contribution in [3.8, 4) is 11.3 Å². The van der Waals surface area contributed by atoms with Gasteiger partial charge in [0.15, 0.2) is 8.32 Å². The topological polar surface area (TPSA) is 54.7 Å². The first-order chi connectivity index (χ1) is 20.1. The molecule has 1 aromatic carbocycles. The van der Waals surface area contributed by atoms with E-state index in [9.17, 15) is 0 Å². The molecule has 3 aromatic rings. The molecule has 0 amide bonds. The van der Waals surface area contributed by atoms with Crippen molar-refractivity contribution in [3.63, 3.8) is 0 Å². The Balaban J connectivity index is 1.92. The third-order valence-corrected chi connectivity index (χ3v) is 15.2. The average Bonchev–Trinajstić information content (AvgIpc) is 3.33. The molecular formula is C35H54BBrN2O4Si.